The summed E-state index contributed by atoms with van der Waals surface area (Å²) in [7, 11) is 0. The molecular formula is C21H15ClF3N3O2. The zero-order valence-electron chi connectivity index (χ0n) is 15.3. The van der Waals surface area contributed by atoms with E-state index < -0.39 is 23.7 Å². The van der Waals surface area contributed by atoms with E-state index in [1.807, 2.05) is 0 Å². The molecule has 0 aromatic heterocycles. The van der Waals surface area contributed by atoms with Crippen molar-refractivity contribution in [1.29, 1.82) is 0 Å². The molecule has 0 aliphatic rings. The summed E-state index contributed by atoms with van der Waals surface area (Å²) in [6, 6.07) is 16.4. The van der Waals surface area contributed by atoms with E-state index in [2.05, 4.69) is 16.0 Å². The summed E-state index contributed by atoms with van der Waals surface area (Å²) in [5.74, 6) is -0.502. The van der Waals surface area contributed by atoms with Crippen LogP contribution in [0.25, 0.3) is 0 Å². The maximum Gasteiger partial charge on any atom is 0.418 e. The van der Waals surface area contributed by atoms with E-state index in [4.69, 9.17) is 11.6 Å². The van der Waals surface area contributed by atoms with Gasteiger partial charge in [-0.3, -0.25) is 4.79 Å². The van der Waals surface area contributed by atoms with E-state index in [9.17, 15) is 22.8 Å². The summed E-state index contributed by atoms with van der Waals surface area (Å²) in [5.41, 5.74) is -0.681. The van der Waals surface area contributed by atoms with Crippen molar-refractivity contribution in [2.24, 2.45) is 0 Å². The zero-order chi connectivity index (χ0) is 21.7. The van der Waals surface area contributed by atoms with Gasteiger partial charge in [0.1, 0.15) is 0 Å². The number of amides is 3. The first-order valence-electron chi connectivity index (χ1n) is 8.65. The van der Waals surface area contributed by atoms with Crippen molar-refractivity contribution >= 4 is 40.6 Å². The van der Waals surface area contributed by atoms with Gasteiger partial charge in [-0.05, 0) is 36.4 Å². The van der Waals surface area contributed by atoms with Crippen molar-refractivity contribution in [3.63, 3.8) is 0 Å². The lowest BCUT2D eigenvalue weighted by Crippen LogP contribution is -2.23. The van der Waals surface area contributed by atoms with Crippen LogP contribution < -0.4 is 16.0 Å². The number of urea groups is 1. The molecule has 0 saturated heterocycles. The minimum atomic E-state index is -4.62. The molecule has 0 unspecified atom stereocenters. The van der Waals surface area contributed by atoms with Crippen LogP contribution >= 0.6 is 11.6 Å². The number of alkyl halides is 3. The van der Waals surface area contributed by atoms with Crippen LogP contribution in [0.1, 0.15) is 15.9 Å². The Bertz CT molecular complexity index is 1090. The fraction of sp³-hybridized carbons (Fsp3) is 0.0476. The number of carbonyl (C=O) groups is 2. The van der Waals surface area contributed by atoms with Crippen molar-refractivity contribution in [2.45, 2.75) is 6.18 Å². The van der Waals surface area contributed by atoms with Gasteiger partial charge in [0, 0.05) is 0 Å². The summed E-state index contributed by atoms with van der Waals surface area (Å²) >= 11 is 6.02. The number of rotatable bonds is 4. The summed E-state index contributed by atoms with van der Waals surface area (Å²) < 4.78 is 39.3. The van der Waals surface area contributed by atoms with Crippen molar-refractivity contribution in [2.75, 3.05) is 16.0 Å². The predicted octanol–water partition coefficient (Wildman–Crippen LogP) is 6.26. The molecule has 3 rings (SSSR count). The number of nitrogens with one attached hydrogen (secondary N) is 3. The average Bonchev–Trinajstić information content (AvgIpc) is 2.69. The maximum absolute atomic E-state index is 13.1. The third kappa shape index (κ3) is 5.09. The molecule has 154 valence electrons. The molecule has 3 N–H and O–H groups in total. The zero-order valence-corrected chi connectivity index (χ0v) is 16.0. The molecule has 3 aromatic rings. The van der Waals surface area contributed by atoms with Gasteiger partial charge < -0.3 is 16.0 Å². The highest BCUT2D eigenvalue weighted by Gasteiger charge is 2.33. The van der Waals surface area contributed by atoms with E-state index in [-0.39, 0.29) is 27.6 Å². The molecule has 0 saturated carbocycles. The summed E-state index contributed by atoms with van der Waals surface area (Å²) in [4.78, 5) is 24.8. The Morgan fingerprint density at radius 1 is 0.700 bits per heavy atom. The summed E-state index contributed by atoms with van der Waals surface area (Å²) in [6.07, 6.45) is -4.62. The molecular weight excluding hydrogens is 419 g/mol. The fourth-order valence-corrected chi connectivity index (χ4v) is 2.87. The molecule has 0 radical (unpaired) electrons. The molecule has 0 aliphatic carbocycles. The number of benzene rings is 3. The van der Waals surface area contributed by atoms with Gasteiger partial charge in [-0.25, -0.2) is 4.79 Å². The van der Waals surface area contributed by atoms with Gasteiger partial charge in [-0.1, -0.05) is 48.0 Å². The SMILES string of the molecule is O=C(Nc1ccccc1NC(=O)c1ccccc1Cl)Nc1ccccc1C(F)(F)F. The highest BCUT2D eigenvalue weighted by molar-refractivity contribution is 6.34. The number of carbonyl (C=O) groups excluding carboxylic acids is 2. The molecule has 0 heterocycles. The minimum Gasteiger partial charge on any atom is -0.320 e. The van der Waals surface area contributed by atoms with Gasteiger partial charge in [0.2, 0.25) is 0 Å². The normalized spacial score (nSPS) is 10.9. The Balaban J connectivity index is 1.77. The van der Waals surface area contributed by atoms with E-state index >= 15 is 0 Å². The van der Waals surface area contributed by atoms with Crippen LogP contribution in [0.15, 0.2) is 72.8 Å². The second kappa shape index (κ2) is 8.87. The van der Waals surface area contributed by atoms with Crippen LogP contribution in [0, 0.1) is 0 Å². The third-order valence-electron chi connectivity index (χ3n) is 4.02. The number of halogens is 4. The smallest absolute Gasteiger partial charge is 0.320 e. The van der Waals surface area contributed by atoms with Gasteiger partial charge in [-0.2, -0.15) is 13.2 Å². The molecule has 0 aliphatic heterocycles. The first kappa shape index (κ1) is 21.2. The fourth-order valence-electron chi connectivity index (χ4n) is 2.65. The summed E-state index contributed by atoms with van der Waals surface area (Å²) in [5, 5.41) is 7.51. The second-order valence-corrected chi connectivity index (χ2v) is 6.51. The van der Waals surface area contributed by atoms with E-state index in [1.165, 1.54) is 30.3 Å². The summed E-state index contributed by atoms with van der Waals surface area (Å²) in [6.45, 7) is 0. The van der Waals surface area contributed by atoms with Crippen LogP contribution in [0.5, 0.6) is 0 Å². The Labute approximate surface area is 174 Å². The van der Waals surface area contributed by atoms with Crippen molar-refractivity contribution < 1.29 is 22.8 Å². The quantitative estimate of drug-likeness (QED) is 0.454. The number of hydrogen-bond acceptors (Lipinski definition) is 2. The lowest BCUT2D eigenvalue weighted by atomic mass is 10.1. The standard InChI is InChI=1S/C21H15ClF3N3O2/c22-15-9-3-1-7-13(15)19(29)26-17-11-5-6-12-18(17)28-20(30)27-16-10-4-2-8-14(16)21(23,24)25/h1-12H,(H,26,29)(H2,27,28,30). The van der Waals surface area contributed by atoms with Gasteiger partial charge >= 0.3 is 12.2 Å². The van der Waals surface area contributed by atoms with Gasteiger partial charge in [0.15, 0.2) is 0 Å². The average molecular weight is 434 g/mol. The van der Waals surface area contributed by atoms with Crippen molar-refractivity contribution in [3.8, 4) is 0 Å². The van der Waals surface area contributed by atoms with Gasteiger partial charge in [0.05, 0.1) is 33.2 Å². The number of anilines is 3. The van der Waals surface area contributed by atoms with Crippen LogP contribution in [0.3, 0.4) is 0 Å². The van der Waals surface area contributed by atoms with Crippen LogP contribution in [0.2, 0.25) is 5.02 Å². The Kier molecular flexibility index (Phi) is 6.27. The Morgan fingerprint density at radius 3 is 1.83 bits per heavy atom. The van der Waals surface area contributed by atoms with Crippen LogP contribution in [-0.4, -0.2) is 11.9 Å². The first-order valence-corrected chi connectivity index (χ1v) is 9.02. The molecule has 0 spiro atoms. The van der Waals surface area contributed by atoms with Gasteiger partial charge in [0.25, 0.3) is 5.91 Å². The van der Waals surface area contributed by atoms with E-state index in [0.717, 1.165) is 12.1 Å². The van der Waals surface area contributed by atoms with E-state index in [1.54, 1.807) is 30.3 Å². The molecule has 3 amide bonds. The largest absolute Gasteiger partial charge is 0.418 e. The molecule has 0 bridgehead atoms. The van der Waals surface area contributed by atoms with Crippen molar-refractivity contribution in [1.82, 2.24) is 0 Å². The monoisotopic (exact) mass is 433 g/mol. The molecule has 0 atom stereocenters. The molecule has 5 nitrogen and oxygen atoms in total. The van der Waals surface area contributed by atoms with Crippen molar-refractivity contribution in [3.05, 3.63) is 88.9 Å². The topological polar surface area (TPSA) is 70.2 Å². The lowest BCUT2D eigenvalue weighted by molar-refractivity contribution is -0.136. The van der Waals surface area contributed by atoms with E-state index in [0.29, 0.717) is 0 Å². The maximum atomic E-state index is 13.1. The molecule has 30 heavy (non-hydrogen) atoms. The van der Waals surface area contributed by atoms with Crippen LogP contribution in [-0.2, 0) is 6.18 Å². The van der Waals surface area contributed by atoms with Gasteiger partial charge in [-0.15, -0.1) is 0 Å². The molecule has 0 fully saturated rings. The Morgan fingerprint density at radius 2 is 1.20 bits per heavy atom. The third-order valence-corrected chi connectivity index (χ3v) is 4.35. The number of para-hydroxylation sites is 3. The highest BCUT2D eigenvalue weighted by atomic mass is 35.5. The van der Waals surface area contributed by atoms with Crippen LogP contribution in [0.4, 0.5) is 35.0 Å². The predicted molar refractivity (Wildman–Crippen MR) is 110 cm³/mol. The molecule has 3 aromatic carbocycles. The number of hydrogen-bond donors (Lipinski definition) is 3. The molecule has 9 heteroatoms. The Hall–Kier alpha value is -3.52. The minimum absolute atomic E-state index is 0.194. The highest BCUT2D eigenvalue weighted by Crippen LogP contribution is 2.34. The second-order valence-electron chi connectivity index (χ2n) is 6.10. The first-order chi connectivity index (χ1) is 14.3. The lowest BCUT2D eigenvalue weighted by Gasteiger charge is -2.16.